The van der Waals surface area contributed by atoms with Gasteiger partial charge in [-0.3, -0.25) is 0 Å². The normalized spacial score (nSPS) is 14.9. The number of benzene rings is 5. The molecule has 5 aromatic rings. The lowest BCUT2D eigenvalue weighted by Crippen LogP contribution is -2.32. The van der Waals surface area contributed by atoms with Gasteiger partial charge in [0.05, 0.1) is 0 Å². The Balaban J connectivity index is 1.56. The molecule has 0 saturated carbocycles. The molecule has 0 saturated heterocycles. The van der Waals surface area contributed by atoms with Gasteiger partial charge < -0.3 is 16.3 Å². The number of nitrogens with two attached hydrogens (primary N) is 2. The van der Waals surface area contributed by atoms with E-state index >= 15 is 0 Å². The highest BCUT2D eigenvalue weighted by Gasteiger charge is 2.39. The first kappa shape index (κ1) is 30.5. The maximum absolute atomic E-state index is 7.24. The average molecular weight is 626 g/mol. The van der Waals surface area contributed by atoms with Crippen molar-refractivity contribution in [2.24, 2.45) is 16.7 Å². The standard InChI is InChI=1S/C39H37N3OP2/c1-28(27-29(40)25-26-42-41)44(30-15-7-4-8-16-30)35-23-13-21-33-37(35)43-38-34(39(33,2)3)22-14-24-36(38)45(31-17-9-5-10-18-31)32-19-11-6-12-20-32/h4-27H,40-41H2,1-3H3/b28-27-,29-25+,42-26-. The summed E-state index contributed by atoms with van der Waals surface area (Å²) in [6.07, 6.45) is 5.26. The summed E-state index contributed by atoms with van der Waals surface area (Å²) in [6, 6.07) is 45.5. The lowest BCUT2D eigenvalue weighted by molar-refractivity contribution is 0.425. The van der Waals surface area contributed by atoms with Crippen molar-refractivity contribution in [3.63, 3.8) is 0 Å². The van der Waals surface area contributed by atoms with Gasteiger partial charge in [-0.05, 0) is 56.1 Å². The summed E-state index contributed by atoms with van der Waals surface area (Å²) in [5, 5.41) is 10.9. The fraction of sp³-hybridized carbons (Fsp3) is 0.103. The van der Waals surface area contributed by atoms with Crippen molar-refractivity contribution in [1.29, 1.82) is 0 Å². The Hall–Kier alpha value is -4.49. The summed E-state index contributed by atoms with van der Waals surface area (Å²) in [7, 11) is -1.84. The van der Waals surface area contributed by atoms with Crippen molar-refractivity contribution >= 4 is 48.6 Å². The number of hydrogen-bond acceptors (Lipinski definition) is 4. The van der Waals surface area contributed by atoms with E-state index in [0.717, 1.165) is 16.8 Å². The van der Waals surface area contributed by atoms with Gasteiger partial charge in [-0.15, -0.1) is 0 Å². The maximum atomic E-state index is 7.24. The number of hydrazone groups is 1. The molecule has 224 valence electrons. The average Bonchev–Trinajstić information content (AvgIpc) is 3.06. The number of nitrogens with zero attached hydrogens (tertiary/aromatic N) is 1. The van der Waals surface area contributed by atoms with E-state index in [1.54, 1.807) is 6.08 Å². The van der Waals surface area contributed by atoms with E-state index in [4.69, 9.17) is 16.3 Å². The molecule has 6 rings (SSSR count). The van der Waals surface area contributed by atoms with Gasteiger partial charge in [-0.2, -0.15) is 5.10 Å². The van der Waals surface area contributed by atoms with E-state index in [2.05, 4.69) is 153 Å². The van der Waals surface area contributed by atoms with Crippen LogP contribution in [0.15, 0.2) is 156 Å². The van der Waals surface area contributed by atoms with Crippen LogP contribution in [0, 0.1) is 0 Å². The molecule has 0 aromatic heterocycles. The molecule has 0 bridgehead atoms. The number of fused-ring (bicyclic) bond motifs is 2. The van der Waals surface area contributed by atoms with Gasteiger partial charge in [0, 0.05) is 39.1 Å². The maximum Gasteiger partial charge on any atom is 0.139 e. The zero-order valence-electron chi connectivity index (χ0n) is 25.8. The fourth-order valence-corrected chi connectivity index (χ4v) is 10.8. The van der Waals surface area contributed by atoms with Crippen LogP contribution in [0.4, 0.5) is 0 Å². The topological polar surface area (TPSA) is 73.6 Å². The van der Waals surface area contributed by atoms with Crippen molar-refractivity contribution in [3.8, 4) is 11.5 Å². The first-order chi connectivity index (χ1) is 21.9. The van der Waals surface area contributed by atoms with Gasteiger partial charge in [0.25, 0.3) is 0 Å². The third-order valence-corrected chi connectivity index (χ3v) is 13.1. The molecular formula is C39H37N3OP2. The highest BCUT2D eigenvalue weighted by molar-refractivity contribution is 7.80. The predicted octanol–water partition coefficient (Wildman–Crippen LogP) is 7.00. The van der Waals surface area contributed by atoms with E-state index in [9.17, 15) is 0 Å². The smallest absolute Gasteiger partial charge is 0.139 e. The van der Waals surface area contributed by atoms with E-state index in [1.807, 2.05) is 6.08 Å². The van der Waals surface area contributed by atoms with Gasteiger partial charge >= 0.3 is 0 Å². The molecule has 4 N–H and O–H groups in total. The first-order valence-electron chi connectivity index (χ1n) is 15.0. The third-order valence-electron chi connectivity index (χ3n) is 8.15. The number of allylic oxidation sites excluding steroid dienone is 3. The Morgan fingerprint density at radius 3 is 1.69 bits per heavy atom. The molecule has 4 nitrogen and oxygen atoms in total. The van der Waals surface area contributed by atoms with Crippen LogP contribution < -0.4 is 42.8 Å². The second-order valence-corrected chi connectivity index (χ2v) is 16.0. The van der Waals surface area contributed by atoms with Crippen molar-refractivity contribution in [2.75, 3.05) is 0 Å². The Morgan fingerprint density at radius 1 is 0.667 bits per heavy atom. The lowest BCUT2D eigenvalue weighted by Gasteiger charge is -2.38. The molecule has 1 aliphatic heterocycles. The highest BCUT2D eigenvalue weighted by atomic mass is 31.1. The molecule has 0 aliphatic carbocycles. The molecule has 1 unspecified atom stereocenters. The summed E-state index contributed by atoms with van der Waals surface area (Å²) in [6.45, 7) is 6.78. The molecule has 5 aromatic carbocycles. The SMILES string of the molecule is C/C(=C/C(N)=C\C=N/N)P(c1ccccc1)c1cccc2c1Oc1c(P(c3ccccc3)c3ccccc3)cccc1C2(C)C. The zero-order chi connectivity index (χ0) is 31.4. The highest BCUT2D eigenvalue weighted by Crippen LogP contribution is 2.54. The van der Waals surface area contributed by atoms with Gasteiger partial charge in [0.2, 0.25) is 0 Å². The van der Waals surface area contributed by atoms with Crippen LogP contribution in [0.2, 0.25) is 0 Å². The second kappa shape index (κ2) is 13.2. The minimum absolute atomic E-state index is 0.283. The fourth-order valence-electron chi connectivity index (χ4n) is 6.02. The van der Waals surface area contributed by atoms with Crippen LogP contribution in [-0.2, 0) is 5.41 Å². The first-order valence-corrected chi connectivity index (χ1v) is 17.7. The second-order valence-electron chi connectivity index (χ2n) is 11.5. The number of rotatable bonds is 8. The number of ether oxygens (including phenoxy) is 1. The minimum Gasteiger partial charge on any atom is -0.455 e. The third kappa shape index (κ3) is 6.09. The van der Waals surface area contributed by atoms with Gasteiger partial charge in [0.1, 0.15) is 11.5 Å². The summed E-state index contributed by atoms with van der Waals surface area (Å²) >= 11 is 0. The van der Waals surface area contributed by atoms with Crippen LogP contribution in [0.25, 0.3) is 0 Å². The predicted molar refractivity (Wildman–Crippen MR) is 195 cm³/mol. The summed E-state index contributed by atoms with van der Waals surface area (Å²) in [5.74, 6) is 7.24. The van der Waals surface area contributed by atoms with Crippen LogP contribution >= 0.6 is 15.8 Å². The zero-order valence-corrected chi connectivity index (χ0v) is 27.5. The summed E-state index contributed by atoms with van der Waals surface area (Å²) in [5.41, 5.74) is 9.08. The van der Waals surface area contributed by atoms with Crippen LogP contribution in [0.1, 0.15) is 31.9 Å². The Kier molecular flexibility index (Phi) is 8.99. The van der Waals surface area contributed by atoms with Crippen LogP contribution in [-0.4, -0.2) is 6.21 Å². The molecule has 0 amide bonds. The van der Waals surface area contributed by atoms with Gasteiger partial charge in [-0.1, -0.05) is 141 Å². The lowest BCUT2D eigenvalue weighted by atomic mass is 9.76. The summed E-state index contributed by atoms with van der Waals surface area (Å²) in [4.78, 5) is 0. The molecule has 0 radical (unpaired) electrons. The van der Waals surface area contributed by atoms with Gasteiger partial charge in [0.15, 0.2) is 0 Å². The molecule has 1 atom stereocenters. The van der Waals surface area contributed by atoms with E-state index < -0.39 is 15.8 Å². The van der Waals surface area contributed by atoms with E-state index in [1.165, 1.54) is 43.9 Å². The van der Waals surface area contributed by atoms with E-state index in [-0.39, 0.29) is 5.41 Å². The molecule has 0 spiro atoms. The number of hydrogen-bond donors (Lipinski definition) is 2. The Bertz CT molecular complexity index is 1850. The quantitative estimate of drug-likeness (QED) is 0.0642. The monoisotopic (exact) mass is 625 g/mol. The van der Waals surface area contributed by atoms with Crippen molar-refractivity contribution < 1.29 is 4.74 Å². The van der Waals surface area contributed by atoms with Crippen molar-refractivity contribution in [1.82, 2.24) is 0 Å². The summed E-state index contributed by atoms with van der Waals surface area (Å²) < 4.78 is 7.24. The van der Waals surface area contributed by atoms with Crippen molar-refractivity contribution in [2.45, 2.75) is 26.2 Å². The molecule has 6 heteroatoms. The molecule has 45 heavy (non-hydrogen) atoms. The Morgan fingerprint density at radius 2 is 1.16 bits per heavy atom. The Labute approximate surface area is 268 Å². The molecule has 1 aliphatic rings. The molecule has 0 fully saturated rings. The molecule has 1 heterocycles. The molecular weight excluding hydrogens is 588 g/mol. The van der Waals surface area contributed by atoms with Crippen LogP contribution in [0.5, 0.6) is 11.5 Å². The van der Waals surface area contributed by atoms with Crippen molar-refractivity contribution in [3.05, 3.63) is 162 Å². The minimum atomic E-state index is -0.973. The number of para-hydroxylation sites is 2. The van der Waals surface area contributed by atoms with Crippen LogP contribution in [0.3, 0.4) is 0 Å². The largest absolute Gasteiger partial charge is 0.455 e. The van der Waals surface area contributed by atoms with Gasteiger partial charge in [-0.25, -0.2) is 0 Å². The van der Waals surface area contributed by atoms with E-state index in [0.29, 0.717) is 5.70 Å².